The van der Waals surface area contributed by atoms with Crippen molar-refractivity contribution in [2.24, 2.45) is 5.73 Å². The molecule has 1 amide bonds. The van der Waals surface area contributed by atoms with E-state index in [2.05, 4.69) is 21.2 Å². The number of primary amides is 1. The molecule has 0 atom stereocenters. The Labute approximate surface area is 147 Å². The summed E-state index contributed by atoms with van der Waals surface area (Å²) in [4.78, 5) is 10.8. The summed E-state index contributed by atoms with van der Waals surface area (Å²) in [6.07, 6.45) is 0. The number of carbonyl (C=O) groups is 1. The SMILES string of the molecule is COc1cc(CNc2ccc(Br)c(Cl)c2)ccc1OCC(N)=O. The molecule has 0 unspecified atom stereocenters. The fourth-order valence-electron chi connectivity index (χ4n) is 1.90. The van der Waals surface area contributed by atoms with Crippen molar-refractivity contribution < 1.29 is 14.3 Å². The van der Waals surface area contributed by atoms with Crippen molar-refractivity contribution in [3.8, 4) is 11.5 Å². The Morgan fingerprint density at radius 2 is 2.04 bits per heavy atom. The third-order valence-corrected chi connectivity index (χ3v) is 4.25. The van der Waals surface area contributed by atoms with Crippen LogP contribution in [0.3, 0.4) is 0 Å². The van der Waals surface area contributed by atoms with Gasteiger partial charge in [0, 0.05) is 16.7 Å². The molecule has 5 nitrogen and oxygen atoms in total. The van der Waals surface area contributed by atoms with Gasteiger partial charge in [-0.15, -0.1) is 0 Å². The van der Waals surface area contributed by atoms with Crippen molar-refractivity contribution in [3.05, 3.63) is 51.5 Å². The molecule has 0 radical (unpaired) electrons. The molecule has 7 heteroatoms. The van der Waals surface area contributed by atoms with Crippen LogP contribution in [0.4, 0.5) is 5.69 Å². The Hall–Kier alpha value is -1.92. The van der Waals surface area contributed by atoms with E-state index < -0.39 is 5.91 Å². The lowest BCUT2D eigenvalue weighted by atomic mass is 10.2. The van der Waals surface area contributed by atoms with Crippen LogP contribution in [-0.4, -0.2) is 19.6 Å². The van der Waals surface area contributed by atoms with Gasteiger partial charge in [0.05, 0.1) is 12.1 Å². The first-order valence-corrected chi connectivity index (χ1v) is 7.93. The topological polar surface area (TPSA) is 73.6 Å². The maximum atomic E-state index is 10.8. The first-order chi connectivity index (χ1) is 11.0. The van der Waals surface area contributed by atoms with Crippen LogP contribution in [0.1, 0.15) is 5.56 Å². The van der Waals surface area contributed by atoms with Gasteiger partial charge in [-0.25, -0.2) is 0 Å². The molecular formula is C16H16BrClN2O3. The van der Waals surface area contributed by atoms with Crippen molar-refractivity contribution in [1.29, 1.82) is 0 Å². The molecule has 0 bridgehead atoms. The number of carbonyl (C=O) groups excluding carboxylic acids is 1. The number of rotatable bonds is 7. The van der Waals surface area contributed by atoms with Gasteiger partial charge in [0.2, 0.25) is 0 Å². The summed E-state index contributed by atoms with van der Waals surface area (Å²) in [6, 6.07) is 11.1. The van der Waals surface area contributed by atoms with Crippen molar-refractivity contribution >= 4 is 39.1 Å². The minimum atomic E-state index is -0.537. The number of nitrogens with one attached hydrogen (secondary N) is 1. The number of nitrogens with two attached hydrogens (primary N) is 1. The predicted molar refractivity (Wildman–Crippen MR) is 94.2 cm³/mol. The molecule has 2 rings (SSSR count). The molecule has 3 N–H and O–H groups in total. The molecule has 23 heavy (non-hydrogen) atoms. The van der Waals surface area contributed by atoms with E-state index in [4.69, 9.17) is 26.8 Å². The van der Waals surface area contributed by atoms with Crippen LogP contribution >= 0.6 is 27.5 Å². The molecule has 0 saturated carbocycles. The van der Waals surface area contributed by atoms with E-state index in [1.54, 1.807) is 6.07 Å². The van der Waals surface area contributed by atoms with Crippen molar-refractivity contribution in [2.75, 3.05) is 19.0 Å². The number of methoxy groups -OCH3 is 1. The van der Waals surface area contributed by atoms with E-state index in [1.165, 1.54) is 7.11 Å². The van der Waals surface area contributed by atoms with Gasteiger partial charge in [-0.1, -0.05) is 17.7 Å². The first-order valence-electron chi connectivity index (χ1n) is 6.76. The Kier molecular flexibility index (Phi) is 6.12. The van der Waals surface area contributed by atoms with E-state index in [9.17, 15) is 4.79 Å². The van der Waals surface area contributed by atoms with E-state index in [0.717, 1.165) is 15.7 Å². The summed E-state index contributed by atoms with van der Waals surface area (Å²) in [6.45, 7) is 0.399. The zero-order valence-electron chi connectivity index (χ0n) is 12.4. The first kappa shape index (κ1) is 17.4. The molecule has 0 aliphatic heterocycles. The van der Waals surface area contributed by atoms with Crippen LogP contribution in [0.15, 0.2) is 40.9 Å². The Morgan fingerprint density at radius 1 is 1.26 bits per heavy atom. The monoisotopic (exact) mass is 398 g/mol. The number of benzene rings is 2. The highest BCUT2D eigenvalue weighted by molar-refractivity contribution is 9.10. The standard InChI is InChI=1S/C16H16BrClN2O3/c1-22-15-6-10(2-5-14(15)23-9-16(19)21)8-20-11-3-4-12(17)13(18)7-11/h2-7,20H,8-9H2,1H3,(H2,19,21). The Bertz CT molecular complexity index is 710. The summed E-state index contributed by atoms with van der Waals surface area (Å²) in [7, 11) is 1.54. The van der Waals surface area contributed by atoms with Gasteiger partial charge in [-0.2, -0.15) is 0 Å². The highest BCUT2D eigenvalue weighted by Crippen LogP contribution is 2.29. The van der Waals surface area contributed by atoms with Gasteiger partial charge in [0.25, 0.3) is 5.91 Å². The molecule has 122 valence electrons. The third kappa shape index (κ3) is 5.04. The van der Waals surface area contributed by atoms with Crippen molar-refractivity contribution in [1.82, 2.24) is 0 Å². The maximum Gasteiger partial charge on any atom is 0.255 e. The number of amides is 1. The van der Waals surface area contributed by atoms with Crippen molar-refractivity contribution in [2.45, 2.75) is 6.54 Å². The highest BCUT2D eigenvalue weighted by atomic mass is 79.9. The molecule has 0 spiro atoms. The average molecular weight is 400 g/mol. The van der Waals surface area contributed by atoms with Gasteiger partial charge < -0.3 is 20.5 Å². The second-order valence-electron chi connectivity index (χ2n) is 4.72. The van der Waals surface area contributed by atoms with E-state index in [1.807, 2.05) is 30.3 Å². The summed E-state index contributed by atoms with van der Waals surface area (Å²) < 4.78 is 11.4. The van der Waals surface area contributed by atoms with Crippen LogP contribution < -0.4 is 20.5 Å². The summed E-state index contributed by atoms with van der Waals surface area (Å²) >= 11 is 9.42. The second kappa shape index (κ2) is 8.08. The molecule has 0 aliphatic carbocycles. The minimum absolute atomic E-state index is 0.189. The van der Waals surface area contributed by atoms with Crippen LogP contribution in [-0.2, 0) is 11.3 Å². The van der Waals surface area contributed by atoms with Crippen LogP contribution in [0.2, 0.25) is 5.02 Å². The number of ether oxygens (including phenoxy) is 2. The van der Waals surface area contributed by atoms with Crippen LogP contribution in [0, 0.1) is 0 Å². The Morgan fingerprint density at radius 3 is 2.70 bits per heavy atom. The van der Waals surface area contributed by atoms with Gasteiger partial charge >= 0.3 is 0 Å². The lowest BCUT2D eigenvalue weighted by molar-refractivity contribution is -0.119. The lowest BCUT2D eigenvalue weighted by Gasteiger charge is -2.12. The zero-order chi connectivity index (χ0) is 16.8. The zero-order valence-corrected chi connectivity index (χ0v) is 14.8. The molecular weight excluding hydrogens is 384 g/mol. The fourth-order valence-corrected chi connectivity index (χ4v) is 2.33. The van der Waals surface area contributed by atoms with E-state index >= 15 is 0 Å². The van der Waals surface area contributed by atoms with Gasteiger partial charge in [-0.05, 0) is 51.8 Å². The maximum absolute atomic E-state index is 10.8. The fraction of sp³-hybridized carbons (Fsp3) is 0.188. The molecule has 0 aliphatic rings. The summed E-state index contributed by atoms with van der Waals surface area (Å²) in [5.41, 5.74) is 6.97. The van der Waals surface area contributed by atoms with Crippen molar-refractivity contribution in [3.63, 3.8) is 0 Å². The number of hydrogen-bond acceptors (Lipinski definition) is 4. The molecule has 0 fully saturated rings. The van der Waals surface area contributed by atoms with Gasteiger partial charge in [0.15, 0.2) is 18.1 Å². The second-order valence-corrected chi connectivity index (χ2v) is 5.98. The number of halogens is 2. The van der Waals surface area contributed by atoms with E-state index in [-0.39, 0.29) is 6.61 Å². The average Bonchev–Trinajstić information content (AvgIpc) is 2.54. The minimum Gasteiger partial charge on any atom is -0.493 e. The summed E-state index contributed by atoms with van der Waals surface area (Å²) in [5.74, 6) is 0.478. The number of hydrogen-bond donors (Lipinski definition) is 2. The van der Waals surface area contributed by atoms with Crippen LogP contribution in [0.25, 0.3) is 0 Å². The predicted octanol–water partition coefficient (Wildman–Crippen LogP) is 3.59. The largest absolute Gasteiger partial charge is 0.493 e. The third-order valence-electron chi connectivity index (χ3n) is 3.01. The van der Waals surface area contributed by atoms with Crippen LogP contribution in [0.5, 0.6) is 11.5 Å². The molecule has 0 saturated heterocycles. The highest BCUT2D eigenvalue weighted by Gasteiger charge is 2.07. The van der Waals surface area contributed by atoms with Gasteiger partial charge in [-0.3, -0.25) is 4.79 Å². The molecule has 0 aromatic heterocycles. The quantitative estimate of drug-likeness (QED) is 0.746. The lowest BCUT2D eigenvalue weighted by Crippen LogP contribution is -2.20. The smallest absolute Gasteiger partial charge is 0.255 e. The number of anilines is 1. The molecule has 2 aromatic rings. The van der Waals surface area contributed by atoms with Gasteiger partial charge in [0.1, 0.15) is 0 Å². The molecule has 0 heterocycles. The van der Waals surface area contributed by atoms with E-state index in [0.29, 0.717) is 23.1 Å². The normalized spacial score (nSPS) is 10.2. The summed E-state index contributed by atoms with van der Waals surface area (Å²) in [5, 5.41) is 3.92. The Balaban J connectivity index is 2.05. The molecule has 2 aromatic carbocycles.